The summed E-state index contributed by atoms with van der Waals surface area (Å²) >= 11 is 0. The maximum atomic E-state index is 12.8. The number of halogens is 3. The van der Waals surface area contributed by atoms with E-state index in [1.165, 1.54) is 12.1 Å². The van der Waals surface area contributed by atoms with Crippen LogP contribution in [0.4, 0.5) is 13.2 Å². The van der Waals surface area contributed by atoms with Gasteiger partial charge in [-0.15, -0.1) is 0 Å². The van der Waals surface area contributed by atoms with Gasteiger partial charge in [0.1, 0.15) is 18.1 Å². The van der Waals surface area contributed by atoms with Crippen molar-refractivity contribution in [2.75, 3.05) is 6.61 Å². The minimum Gasteiger partial charge on any atom is -0.487 e. The SMILES string of the molecule is Cc1cc(OCc2noc(-c3ccc(C(F)(F)F)cc3)c2C)ccc1CC1=NOCC(=O)N1. The van der Waals surface area contributed by atoms with Crippen LogP contribution in [-0.2, 0) is 28.8 Å². The van der Waals surface area contributed by atoms with Gasteiger partial charge in [-0.2, -0.15) is 13.2 Å². The van der Waals surface area contributed by atoms with Gasteiger partial charge in [-0.25, -0.2) is 0 Å². The lowest BCUT2D eigenvalue weighted by molar-refractivity contribution is -0.137. The van der Waals surface area contributed by atoms with Gasteiger partial charge in [0.15, 0.2) is 18.2 Å². The van der Waals surface area contributed by atoms with E-state index >= 15 is 0 Å². The van der Waals surface area contributed by atoms with Crippen molar-refractivity contribution in [3.63, 3.8) is 0 Å². The summed E-state index contributed by atoms with van der Waals surface area (Å²) in [6.07, 6.45) is -3.98. The van der Waals surface area contributed by atoms with Crippen LogP contribution >= 0.6 is 0 Å². The van der Waals surface area contributed by atoms with Crippen LogP contribution in [0.2, 0.25) is 0 Å². The van der Waals surface area contributed by atoms with Crippen LogP contribution in [0.3, 0.4) is 0 Å². The number of alkyl halides is 3. The van der Waals surface area contributed by atoms with Crippen LogP contribution in [0.5, 0.6) is 5.75 Å². The fourth-order valence-corrected chi connectivity index (χ4v) is 3.34. The van der Waals surface area contributed by atoms with Crippen molar-refractivity contribution >= 4 is 11.7 Å². The average Bonchev–Trinajstić information content (AvgIpc) is 3.14. The highest BCUT2D eigenvalue weighted by atomic mass is 19.4. The van der Waals surface area contributed by atoms with E-state index in [2.05, 4.69) is 15.6 Å². The summed E-state index contributed by atoms with van der Waals surface area (Å²) < 4.78 is 49.5. The molecule has 33 heavy (non-hydrogen) atoms. The monoisotopic (exact) mass is 459 g/mol. The van der Waals surface area contributed by atoms with E-state index in [1.54, 1.807) is 13.0 Å². The molecule has 7 nitrogen and oxygen atoms in total. The standard InChI is InChI=1S/C23H20F3N3O4/c1-13-9-18(8-5-16(13)10-20-27-21(30)12-32-29-20)31-11-19-14(2)22(33-28-19)15-3-6-17(7-4-15)23(24,25)26/h3-9H,10-12H2,1-2H3,(H,27,29,30). The highest BCUT2D eigenvalue weighted by Crippen LogP contribution is 2.32. The predicted molar refractivity (Wildman–Crippen MR) is 112 cm³/mol. The number of nitrogens with one attached hydrogen (secondary N) is 1. The molecular formula is C23H20F3N3O4. The first-order valence-electron chi connectivity index (χ1n) is 10.0. The zero-order valence-corrected chi connectivity index (χ0v) is 17.8. The zero-order valence-electron chi connectivity index (χ0n) is 17.8. The number of aryl methyl sites for hydroxylation is 1. The van der Waals surface area contributed by atoms with Crippen LogP contribution in [0.15, 0.2) is 52.1 Å². The molecule has 0 saturated carbocycles. The molecule has 0 bridgehead atoms. The molecule has 1 aliphatic heterocycles. The first kappa shape index (κ1) is 22.4. The molecule has 172 valence electrons. The number of carbonyl (C=O) groups is 1. The van der Waals surface area contributed by atoms with Gasteiger partial charge in [0.05, 0.1) is 5.56 Å². The Hall–Kier alpha value is -3.82. The normalized spacial score (nSPS) is 13.8. The Morgan fingerprint density at radius 1 is 1.12 bits per heavy atom. The topological polar surface area (TPSA) is 86.0 Å². The van der Waals surface area contributed by atoms with Crippen molar-refractivity contribution in [3.05, 3.63) is 70.4 Å². The third-order valence-corrected chi connectivity index (χ3v) is 5.20. The van der Waals surface area contributed by atoms with Crippen LogP contribution in [0.25, 0.3) is 11.3 Å². The lowest BCUT2D eigenvalue weighted by atomic mass is 10.0. The summed E-state index contributed by atoms with van der Waals surface area (Å²) in [4.78, 5) is 16.3. The van der Waals surface area contributed by atoms with Crippen LogP contribution in [0.1, 0.15) is 27.9 Å². The minimum atomic E-state index is -4.40. The number of ether oxygens (including phenoxy) is 1. The highest BCUT2D eigenvalue weighted by molar-refractivity contribution is 6.00. The van der Waals surface area contributed by atoms with Gasteiger partial charge in [-0.1, -0.05) is 28.5 Å². The summed E-state index contributed by atoms with van der Waals surface area (Å²) in [5.41, 5.74) is 2.90. The summed E-state index contributed by atoms with van der Waals surface area (Å²) in [6.45, 7) is 3.73. The van der Waals surface area contributed by atoms with Gasteiger partial charge in [-0.05, 0) is 49.2 Å². The van der Waals surface area contributed by atoms with Crippen molar-refractivity contribution < 1.29 is 32.1 Å². The zero-order chi connectivity index (χ0) is 23.6. The summed E-state index contributed by atoms with van der Waals surface area (Å²) in [7, 11) is 0. The third kappa shape index (κ3) is 5.16. The molecule has 2 aromatic carbocycles. The lowest BCUT2D eigenvalue weighted by Crippen LogP contribution is -2.38. The second-order valence-electron chi connectivity index (χ2n) is 7.57. The molecule has 0 unspecified atom stereocenters. The molecule has 0 atom stereocenters. The molecule has 10 heteroatoms. The molecule has 4 rings (SSSR count). The quantitative estimate of drug-likeness (QED) is 0.584. The van der Waals surface area contributed by atoms with Crippen molar-refractivity contribution in [1.82, 2.24) is 10.5 Å². The predicted octanol–water partition coefficient (Wildman–Crippen LogP) is 4.56. The number of hydrogen-bond donors (Lipinski definition) is 1. The van der Waals surface area contributed by atoms with Gasteiger partial charge >= 0.3 is 6.18 Å². The average molecular weight is 459 g/mol. The van der Waals surface area contributed by atoms with Crippen LogP contribution < -0.4 is 10.1 Å². The number of amides is 1. The number of oxime groups is 1. The highest BCUT2D eigenvalue weighted by Gasteiger charge is 2.30. The number of benzene rings is 2. The fourth-order valence-electron chi connectivity index (χ4n) is 3.34. The smallest absolute Gasteiger partial charge is 0.416 e. The first-order chi connectivity index (χ1) is 15.7. The molecule has 3 aromatic rings. The Labute approximate surface area is 187 Å². The van der Waals surface area contributed by atoms with E-state index in [4.69, 9.17) is 14.1 Å². The Morgan fingerprint density at radius 3 is 2.55 bits per heavy atom. The van der Waals surface area contributed by atoms with E-state index in [9.17, 15) is 18.0 Å². The van der Waals surface area contributed by atoms with Crippen molar-refractivity contribution in [1.29, 1.82) is 0 Å². The maximum absolute atomic E-state index is 12.8. The Kier molecular flexibility index (Phi) is 6.08. The number of rotatable bonds is 6. The number of aromatic nitrogens is 1. The molecular weight excluding hydrogens is 439 g/mol. The maximum Gasteiger partial charge on any atom is 0.416 e. The second-order valence-corrected chi connectivity index (χ2v) is 7.57. The van der Waals surface area contributed by atoms with Crippen molar-refractivity contribution in [3.8, 4) is 17.1 Å². The van der Waals surface area contributed by atoms with Gasteiger partial charge in [0.25, 0.3) is 5.91 Å². The van der Waals surface area contributed by atoms with Crippen molar-refractivity contribution in [2.45, 2.75) is 33.1 Å². The molecule has 1 N–H and O–H groups in total. The molecule has 2 heterocycles. The number of nitrogens with zero attached hydrogens (tertiary/aromatic N) is 2. The summed E-state index contributed by atoms with van der Waals surface area (Å²) in [6, 6.07) is 10.2. The minimum absolute atomic E-state index is 0.0860. The van der Waals surface area contributed by atoms with Crippen LogP contribution in [-0.4, -0.2) is 23.5 Å². The Morgan fingerprint density at radius 2 is 1.88 bits per heavy atom. The third-order valence-electron chi connectivity index (χ3n) is 5.20. The van der Waals surface area contributed by atoms with Crippen LogP contribution in [0, 0.1) is 13.8 Å². The molecule has 0 radical (unpaired) electrons. The summed E-state index contributed by atoms with van der Waals surface area (Å²) in [5.74, 6) is 1.21. The second kappa shape index (κ2) is 8.97. The van der Waals surface area contributed by atoms with E-state index < -0.39 is 11.7 Å². The van der Waals surface area contributed by atoms with Crippen molar-refractivity contribution in [2.24, 2.45) is 5.16 Å². The van der Waals surface area contributed by atoms with Gasteiger partial charge in [-0.3, -0.25) is 4.79 Å². The Balaban J connectivity index is 1.41. The van der Waals surface area contributed by atoms with E-state index in [0.717, 1.165) is 23.3 Å². The lowest BCUT2D eigenvalue weighted by Gasteiger charge is -2.14. The van der Waals surface area contributed by atoms with Gasteiger partial charge in [0.2, 0.25) is 0 Å². The Bertz CT molecular complexity index is 1200. The number of hydrogen-bond acceptors (Lipinski definition) is 6. The van der Waals surface area contributed by atoms with E-state index in [-0.39, 0.29) is 19.1 Å². The molecule has 1 aliphatic rings. The molecule has 0 saturated heterocycles. The molecule has 1 amide bonds. The molecule has 0 fully saturated rings. The van der Waals surface area contributed by atoms with Gasteiger partial charge in [0, 0.05) is 17.5 Å². The largest absolute Gasteiger partial charge is 0.487 e. The summed E-state index contributed by atoms with van der Waals surface area (Å²) in [5, 5.41) is 10.5. The number of carbonyl (C=O) groups excluding carboxylic acids is 1. The fraction of sp³-hybridized carbons (Fsp3) is 0.261. The van der Waals surface area contributed by atoms with E-state index in [0.29, 0.717) is 40.6 Å². The number of amidine groups is 1. The molecule has 1 aromatic heterocycles. The first-order valence-corrected chi connectivity index (χ1v) is 10.0. The molecule has 0 spiro atoms. The van der Waals surface area contributed by atoms with Gasteiger partial charge < -0.3 is 19.4 Å². The molecule has 0 aliphatic carbocycles. The van der Waals surface area contributed by atoms with E-state index in [1.807, 2.05) is 19.1 Å².